The van der Waals surface area contributed by atoms with Crippen LogP contribution in [0, 0.1) is 0 Å². The lowest BCUT2D eigenvalue weighted by Crippen LogP contribution is -2.57. The van der Waals surface area contributed by atoms with Crippen LogP contribution in [0.3, 0.4) is 0 Å². The van der Waals surface area contributed by atoms with Crippen molar-refractivity contribution in [3.8, 4) is 11.5 Å². The van der Waals surface area contributed by atoms with Crippen molar-refractivity contribution in [2.24, 2.45) is 10.2 Å². The van der Waals surface area contributed by atoms with E-state index >= 15 is 0 Å². The molecule has 0 saturated heterocycles. The number of carbonyl (C=O) groups excluding carboxylic acids is 2. The van der Waals surface area contributed by atoms with E-state index in [0.29, 0.717) is 0 Å². The molecule has 0 spiro atoms. The van der Waals surface area contributed by atoms with Crippen molar-refractivity contribution < 1.29 is 50.4 Å². The van der Waals surface area contributed by atoms with Gasteiger partial charge in [0.2, 0.25) is 0 Å². The van der Waals surface area contributed by atoms with Gasteiger partial charge >= 0.3 is 0 Å². The maximum atomic E-state index is 12.5. The van der Waals surface area contributed by atoms with Crippen LogP contribution in [0.25, 0.3) is 0 Å². The molecule has 0 bridgehead atoms. The second-order valence-electron chi connectivity index (χ2n) is 8.02. The van der Waals surface area contributed by atoms with Gasteiger partial charge in [0.1, 0.15) is 22.6 Å². The largest absolute Gasteiger partial charge is 0.507 e. The molecular weight excluding hydrogens is 480 g/mol. The summed E-state index contributed by atoms with van der Waals surface area (Å²) in [5, 5.41) is 88.7. The molecule has 0 radical (unpaired) electrons. The molecule has 14 nitrogen and oxygen atoms in total. The third-order valence-electron chi connectivity index (χ3n) is 5.30. The average molecular weight is 508 g/mol. The number of rotatable bonds is 12. The summed E-state index contributed by atoms with van der Waals surface area (Å²) in [7, 11) is 0. The maximum Gasteiger partial charge on any atom is 0.255 e. The number of aromatic hydroxyl groups is 2. The number of carbonyl (C=O) groups is 2. The van der Waals surface area contributed by atoms with Crippen molar-refractivity contribution in [2.75, 3.05) is 39.6 Å². The third kappa shape index (κ3) is 6.51. The molecular formula is C22H28N4O10. The van der Waals surface area contributed by atoms with Crippen LogP contribution in [0.4, 0.5) is 11.4 Å². The zero-order valence-corrected chi connectivity index (χ0v) is 19.0. The summed E-state index contributed by atoms with van der Waals surface area (Å²) in [5.74, 6) is -2.72. The molecule has 0 aliphatic carbocycles. The number of phenols is 2. The quantitative estimate of drug-likeness (QED) is 0.147. The fraction of sp³-hybridized carbons (Fsp3) is 0.364. The minimum Gasteiger partial charge on any atom is -0.507 e. The second kappa shape index (κ2) is 12.3. The Morgan fingerprint density at radius 2 is 0.917 bits per heavy atom. The van der Waals surface area contributed by atoms with E-state index in [1.165, 1.54) is 12.1 Å². The molecule has 0 aliphatic heterocycles. The van der Waals surface area contributed by atoms with E-state index in [9.17, 15) is 50.4 Å². The minimum absolute atomic E-state index is 0.0829. The average Bonchev–Trinajstić information content (AvgIpc) is 2.90. The Balaban J connectivity index is 2.29. The Morgan fingerprint density at radius 3 is 1.19 bits per heavy atom. The van der Waals surface area contributed by atoms with E-state index < -0.39 is 74.0 Å². The lowest BCUT2D eigenvalue weighted by Gasteiger charge is -2.28. The Labute approximate surface area is 204 Å². The molecule has 14 heteroatoms. The van der Waals surface area contributed by atoms with Crippen LogP contribution in [0.2, 0.25) is 0 Å². The number of phenolic OH excluding ortho intramolecular Hbond substituents is 2. The topological polar surface area (TPSA) is 245 Å². The Bertz CT molecular complexity index is 998. The molecule has 0 unspecified atom stereocenters. The lowest BCUT2D eigenvalue weighted by atomic mass is 10.0. The van der Waals surface area contributed by atoms with Crippen molar-refractivity contribution in [2.45, 2.75) is 11.1 Å². The van der Waals surface area contributed by atoms with Gasteiger partial charge in [-0.2, -0.15) is 10.2 Å². The molecule has 2 aromatic rings. The van der Waals surface area contributed by atoms with Crippen LogP contribution < -0.4 is 10.6 Å². The van der Waals surface area contributed by atoms with Gasteiger partial charge in [0, 0.05) is 0 Å². The molecule has 2 aromatic carbocycles. The van der Waals surface area contributed by atoms with Crippen molar-refractivity contribution in [1.82, 2.24) is 10.6 Å². The van der Waals surface area contributed by atoms with E-state index in [2.05, 4.69) is 20.9 Å². The summed E-state index contributed by atoms with van der Waals surface area (Å²) >= 11 is 0. The summed E-state index contributed by atoms with van der Waals surface area (Å²) in [6.07, 6.45) is 0. The van der Waals surface area contributed by atoms with Crippen LogP contribution in [0.1, 0.15) is 20.7 Å². The summed E-state index contributed by atoms with van der Waals surface area (Å²) in [6, 6.07) is 7.23. The number of hydrogen-bond acceptors (Lipinski definition) is 12. The van der Waals surface area contributed by atoms with E-state index in [-0.39, 0.29) is 22.5 Å². The van der Waals surface area contributed by atoms with E-state index in [1.807, 2.05) is 0 Å². The highest BCUT2D eigenvalue weighted by Gasteiger charge is 2.32. The molecule has 0 aromatic heterocycles. The molecule has 0 saturated carbocycles. The fourth-order valence-electron chi connectivity index (χ4n) is 2.81. The molecule has 0 fully saturated rings. The number of nitrogens with one attached hydrogen (secondary N) is 2. The van der Waals surface area contributed by atoms with E-state index in [1.54, 1.807) is 0 Å². The normalized spacial score (nSPS) is 12.1. The first-order chi connectivity index (χ1) is 17.1. The predicted octanol–water partition coefficient (Wildman–Crippen LogP) is -1.60. The van der Waals surface area contributed by atoms with Crippen LogP contribution in [0.5, 0.6) is 11.5 Å². The summed E-state index contributed by atoms with van der Waals surface area (Å²) in [5.41, 5.74) is -3.84. The van der Waals surface area contributed by atoms with Gasteiger partial charge in [-0.15, -0.1) is 0 Å². The molecule has 196 valence electrons. The highest BCUT2D eigenvalue weighted by molar-refractivity contribution is 5.98. The molecule has 0 heterocycles. The van der Waals surface area contributed by atoms with Crippen LogP contribution in [0.15, 0.2) is 46.6 Å². The van der Waals surface area contributed by atoms with Crippen molar-refractivity contribution >= 4 is 23.2 Å². The monoisotopic (exact) mass is 508 g/mol. The van der Waals surface area contributed by atoms with Crippen molar-refractivity contribution in [3.63, 3.8) is 0 Å². The zero-order chi connectivity index (χ0) is 26.9. The van der Waals surface area contributed by atoms with Gasteiger partial charge in [0.25, 0.3) is 11.8 Å². The number of benzene rings is 2. The van der Waals surface area contributed by atoms with Gasteiger partial charge in [-0.25, -0.2) is 0 Å². The van der Waals surface area contributed by atoms with Crippen LogP contribution in [-0.2, 0) is 0 Å². The lowest BCUT2D eigenvalue weighted by molar-refractivity contribution is 0.0374. The highest BCUT2D eigenvalue weighted by atomic mass is 16.3. The molecule has 2 amide bonds. The fourth-order valence-corrected chi connectivity index (χ4v) is 2.81. The summed E-state index contributed by atoms with van der Waals surface area (Å²) in [4.78, 5) is 25.1. The smallest absolute Gasteiger partial charge is 0.255 e. The second-order valence-corrected chi connectivity index (χ2v) is 8.02. The highest BCUT2D eigenvalue weighted by Crippen LogP contribution is 2.28. The van der Waals surface area contributed by atoms with E-state index in [4.69, 9.17) is 0 Å². The molecule has 2 rings (SSSR count). The van der Waals surface area contributed by atoms with Crippen molar-refractivity contribution in [3.05, 3.63) is 47.5 Å². The van der Waals surface area contributed by atoms with Crippen LogP contribution >= 0.6 is 0 Å². The number of hydrogen-bond donors (Lipinski definition) is 10. The maximum absolute atomic E-state index is 12.5. The SMILES string of the molecule is O=C(NC(CO)(CO)CO)c1cc(/N=N/c2ccc(O)c(C(=O)NC(CO)(CO)CO)c2)ccc1O. The molecule has 0 aliphatic rings. The van der Waals surface area contributed by atoms with Gasteiger partial charge in [0.15, 0.2) is 0 Å². The standard InChI is InChI=1S/C22H28N4O10/c27-7-21(8-28,9-29)23-19(35)15-5-13(1-3-17(15)33)25-26-14-2-4-18(34)16(6-14)20(36)24-22(10-30,11-31)12-32/h1-6,27-34H,7-12H2,(H,23,35)(H,24,36)/b26-25+. The zero-order valence-electron chi connectivity index (χ0n) is 19.0. The first-order valence-electron chi connectivity index (χ1n) is 10.5. The first-order valence-corrected chi connectivity index (χ1v) is 10.5. The minimum atomic E-state index is -1.72. The number of nitrogens with zero attached hydrogens (tertiary/aromatic N) is 2. The van der Waals surface area contributed by atoms with Crippen LogP contribution in [-0.4, -0.2) is 103 Å². The predicted molar refractivity (Wildman–Crippen MR) is 123 cm³/mol. The molecule has 0 atom stereocenters. The number of azo groups is 1. The Morgan fingerprint density at radius 1 is 0.611 bits per heavy atom. The van der Waals surface area contributed by atoms with Gasteiger partial charge in [0.05, 0.1) is 62.1 Å². The van der Waals surface area contributed by atoms with Gasteiger partial charge in [-0.05, 0) is 36.4 Å². The van der Waals surface area contributed by atoms with Gasteiger partial charge < -0.3 is 51.5 Å². The van der Waals surface area contributed by atoms with E-state index in [0.717, 1.165) is 24.3 Å². The Kier molecular flexibility index (Phi) is 9.80. The number of aliphatic hydroxyl groups excluding tert-OH is 6. The first kappa shape index (κ1) is 28.6. The molecule has 36 heavy (non-hydrogen) atoms. The van der Waals surface area contributed by atoms with Gasteiger partial charge in [-0.3, -0.25) is 9.59 Å². The number of amides is 2. The summed E-state index contributed by atoms with van der Waals surface area (Å²) in [6.45, 7) is -4.59. The summed E-state index contributed by atoms with van der Waals surface area (Å²) < 4.78 is 0. The number of aliphatic hydroxyl groups is 6. The Hall–Kier alpha value is -3.66. The van der Waals surface area contributed by atoms with Crippen molar-refractivity contribution in [1.29, 1.82) is 0 Å². The van der Waals surface area contributed by atoms with Gasteiger partial charge in [-0.1, -0.05) is 0 Å². The molecule has 10 N–H and O–H groups in total. The third-order valence-corrected chi connectivity index (χ3v) is 5.30.